The Morgan fingerprint density at radius 2 is 1.39 bits per heavy atom. The van der Waals surface area contributed by atoms with Crippen molar-refractivity contribution in [2.24, 2.45) is 0 Å². The summed E-state index contributed by atoms with van der Waals surface area (Å²) in [5.74, 6) is 6.36. The van der Waals surface area contributed by atoms with Crippen molar-refractivity contribution in [1.29, 1.82) is 0 Å². The van der Waals surface area contributed by atoms with Crippen LogP contribution in [0.25, 0.3) is 6.08 Å². The van der Waals surface area contributed by atoms with Crippen LogP contribution < -0.4 is 0 Å². The molecule has 5 rings (SSSR count). The van der Waals surface area contributed by atoms with Gasteiger partial charge in [-0.3, -0.25) is 9.59 Å². The predicted octanol–water partition coefficient (Wildman–Crippen LogP) is 5.77. The van der Waals surface area contributed by atoms with Gasteiger partial charge in [0.15, 0.2) is 0 Å². The maximum absolute atomic E-state index is 13.1. The topological polar surface area (TPSA) is 70.1 Å². The van der Waals surface area contributed by atoms with Crippen LogP contribution in [0.15, 0.2) is 78.9 Å². The first-order chi connectivity index (χ1) is 19.9. The van der Waals surface area contributed by atoms with Gasteiger partial charge in [0.25, 0.3) is 5.91 Å². The minimum Gasteiger partial charge on any atom is -0.508 e. The van der Waals surface area contributed by atoms with Crippen LogP contribution in [-0.2, 0) is 9.53 Å². The van der Waals surface area contributed by atoms with Crippen LogP contribution in [0.5, 0.6) is 5.75 Å². The molecule has 1 N–H and O–H groups in total. The van der Waals surface area contributed by atoms with Crippen molar-refractivity contribution in [3.05, 3.63) is 106 Å². The molecule has 210 valence electrons. The smallest absolute Gasteiger partial charge is 0.253 e. The average molecular weight is 569 g/mol. The number of aromatic hydroxyl groups is 1. The number of nitrogens with zero attached hydrogens (tertiary/aromatic N) is 2. The molecular formula is C34H33ClN2O4. The number of rotatable bonds is 5. The van der Waals surface area contributed by atoms with Crippen LogP contribution in [-0.4, -0.2) is 65.1 Å². The molecule has 2 saturated heterocycles. The van der Waals surface area contributed by atoms with Gasteiger partial charge in [0.2, 0.25) is 5.91 Å². The highest BCUT2D eigenvalue weighted by Gasteiger charge is 2.28. The number of likely N-dealkylation sites (tertiary alicyclic amines) is 2. The Morgan fingerprint density at radius 1 is 0.805 bits per heavy atom. The molecule has 2 aliphatic heterocycles. The van der Waals surface area contributed by atoms with E-state index in [1.807, 2.05) is 64.4 Å². The van der Waals surface area contributed by atoms with Crippen molar-refractivity contribution in [1.82, 2.24) is 9.80 Å². The minimum atomic E-state index is -0.0596. The van der Waals surface area contributed by atoms with Gasteiger partial charge in [0.05, 0.1) is 17.2 Å². The lowest BCUT2D eigenvalue weighted by atomic mass is 10.0. The monoisotopic (exact) mass is 568 g/mol. The summed E-state index contributed by atoms with van der Waals surface area (Å²) in [6, 6.07) is 22.0. The lowest BCUT2D eigenvalue weighted by molar-refractivity contribution is -0.129. The van der Waals surface area contributed by atoms with Gasteiger partial charge in [-0.2, -0.15) is 0 Å². The van der Waals surface area contributed by atoms with Gasteiger partial charge < -0.3 is 19.6 Å². The standard InChI is InChI=1S/C34H33ClN2O4/c35-32-24-29(38)14-12-27(32)13-15-33(39)36-20-16-30(17-21-36)41-31-18-22-37(23-19-31)34(40)28-10-8-26(9-11-28)7-6-25-4-2-1-3-5-25/h1-5,8-15,24,30-31,38H,16-23H2/b15-13+. The highest BCUT2D eigenvalue weighted by Crippen LogP contribution is 2.24. The molecule has 0 atom stereocenters. The van der Waals surface area contributed by atoms with Crippen molar-refractivity contribution >= 4 is 29.5 Å². The van der Waals surface area contributed by atoms with Crippen molar-refractivity contribution in [3.8, 4) is 17.6 Å². The van der Waals surface area contributed by atoms with E-state index in [0.29, 0.717) is 42.3 Å². The van der Waals surface area contributed by atoms with E-state index in [2.05, 4.69) is 11.8 Å². The molecule has 6 nitrogen and oxygen atoms in total. The Balaban J connectivity index is 1.04. The molecule has 0 aromatic heterocycles. The Bertz CT molecular complexity index is 1440. The molecule has 0 aliphatic carbocycles. The number of phenolic OH excluding ortho intramolecular Hbond substituents is 1. The fraction of sp³-hybridized carbons (Fsp3) is 0.294. The largest absolute Gasteiger partial charge is 0.508 e. The SMILES string of the molecule is O=C(/C=C/c1ccc(O)cc1Cl)N1CCC(OC2CCN(C(=O)c3ccc(C#Cc4ccccc4)cc3)CC2)CC1. The third-order valence-electron chi connectivity index (χ3n) is 7.51. The molecular weight excluding hydrogens is 536 g/mol. The number of amides is 2. The van der Waals surface area contributed by atoms with Crippen molar-refractivity contribution in [3.63, 3.8) is 0 Å². The summed E-state index contributed by atoms with van der Waals surface area (Å²) in [6.45, 7) is 2.61. The second-order valence-corrected chi connectivity index (χ2v) is 10.8. The van der Waals surface area contributed by atoms with Crippen molar-refractivity contribution in [2.75, 3.05) is 26.2 Å². The summed E-state index contributed by atoms with van der Waals surface area (Å²) in [4.78, 5) is 29.4. The molecule has 0 radical (unpaired) electrons. The fourth-order valence-electron chi connectivity index (χ4n) is 5.14. The van der Waals surface area contributed by atoms with Gasteiger partial charge in [-0.25, -0.2) is 0 Å². The van der Waals surface area contributed by atoms with Crippen molar-refractivity contribution < 1.29 is 19.4 Å². The van der Waals surface area contributed by atoms with Crippen molar-refractivity contribution in [2.45, 2.75) is 37.9 Å². The van der Waals surface area contributed by atoms with E-state index in [0.717, 1.165) is 36.8 Å². The quantitative estimate of drug-likeness (QED) is 0.313. The lowest BCUT2D eigenvalue weighted by Gasteiger charge is -2.37. The number of halogens is 1. The highest BCUT2D eigenvalue weighted by atomic mass is 35.5. The third-order valence-corrected chi connectivity index (χ3v) is 7.84. The van der Waals surface area contributed by atoms with Gasteiger partial charge in [-0.15, -0.1) is 0 Å². The number of hydrogen-bond donors (Lipinski definition) is 1. The molecule has 0 unspecified atom stereocenters. The number of carbonyl (C=O) groups excluding carboxylic acids is 2. The number of ether oxygens (including phenoxy) is 1. The molecule has 2 heterocycles. The van der Waals surface area contributed by atoms with Gasteiger partial charge >= 0.3 is 0 Å². The lowest BCUT2D eigenvalue weighted by Crippen LogP contribution is -2.44. The van der Waals surface area contributed by atoms with Gasteiger partial charge in [0, 0.05) is 48.9 Å². The first kappa shape index (κ1) is 28.5. The minimum absolute atomic E-state index is 0.0412. The van der Waals surface area contributed by atoms with Crippen LogP contribution in [0, 0.1) is 11.8 Å². The van der Waals surface area contributed by atoms with E-state index >= 15 is 0 Å². The molecule has 2 fully saturated rings. The Morgan fingerprint density at radius 3 is 2.00 bits per heavy atom. The molecule has 0 spiro atoms. The number of hydrogen-bond acceptors (Lipinski definition) is 4. The second-order valence-electron chi connectivity index (χ2n) is 10.4. The van der Waals surface area contributed by atoms with Crippen LogP contribution in [0.3, 0.4) is 0 Å². The van der Waals surface area contributed by atoms with E-state index in [1.165, 1.54) is 12.1 Å². The third kappa shape index (κ3) is 7.79. The fourth-order valence-corrected chi connectivity index (χ4v) is 5.38. The Hall–Kier alpha value is -4.05. The molecule has 7 heteroatoms. The number of carbonyl (C=O) groups is 2. The maximum atomic E-state index is 13.1. The van der Waals surface area contributed by atoms with E-state index in [1.54, 1.807) is 18.2 Å². The molecule has 41 heavy (non-hydrogen) atoms. The van der Waals surface area contributed by atoms with Gasteiger partial charge in [-0.05, 0) is 91.9 Å². The van der Waals surface area contributed by atoms with E-state index < -0.39 is 0 Å². The van der Waals surface area contributed by atoms with E-state index in [4.69, 9.17) is 16.3 Å². The maximum Gasteiger partial charge on any atom is 0.253 e. The van der Waals surface area contributed by atoms with E-state index in [-0.39, 0.29) is 29.8 Å². The van der Waals surface area contributed by atoms with Gasteiger partial charge in [-0.1, -0.05) is 41.6 Å². The summed E-state index contributed by atoms with van der Waals surface area (Å²) < 4.78 is 6.38. The summed E-state index contributed by atoms with van der Waals surface area (Å²) in [5.41, 5.74) is 3.20. The second kappa shape index (κ2) is 13.5. The number of benzene rings is 3. The molecule has 0 bridgehead atoms. The molecule has 2 aliphatic rings. The zero-order chi connectivity index (χ0) is 28.6. The van der Waals surface area contributed by atoms with E-state index in [9.17, 15) is 14.7 Å². The molecule has 2 amide bonds. The summed E-state index contributed by atoms with van der Waals surface area (Å²) in [7, 11) is 0. The molecule has 0 saturated carbocycles. The Labute approximate surface area is 246 Å². The van der Waals surface area contributed by atoms with Crippen LogP contribution in [0.1, 0.15) is 52.7 Å². The summed E-state index contributed by atoms with van der Waals surface area (Å²) in [5, 5.41) is 9.88. The average Bonchev–Trinajstić information content (AvgIpc) is 3.01. The number of piperidine rings is 2. The van der Waals surface area contributed by atoms with Crippen LogP contribution >= 0.6 is 11.6 Å². The zero-order valence-electron chi connectivity index (χ0n) is 22.8. The zero-order valence-corrected chi connectivity index (χ0v) is 23.6. The highest BCUT2D eigenvalue weighted by molar-refractivity contribution is 6.32. The predicted molar refractivity (Wildman–Crippen MR) is 161 cm³/mol. The summed E-state index contributed by atoms with van der Waals surface area (Å²) >= 11 is 6.12. The van der Waals surface area contributed by atoms with Crippen LogP contribution in [0.2, 0.25) is 5.02 Å². The van der Waals surface area contributed by atoms with Gasteiger partial charge in [0.1, 0.15) is 5.75 Å². The first-order valence-corrected chi connectivity index (χ1v) is 14.4. The Kier molecular flexibility index (Phi) is 9.40. The normalized spacial score (nSPS) is 16.4. The first-order valence-electron chi connectivity index (χ1n) is 14.0. The number of phenols is 1. The summed E-state index contributed by atoms with van der Waals surface area (Å²) in [6.07, 6.45) is 6.64. The van der Waals surface area contributed by atoms with Crippen LogP contribution in [0.4, 0.5) is 0 Å². The molecule has 3 aromatic carbocycles. The molecule has 3 aromatic rings.